The number of rotatable bonds is 6. The molecule has 2 aromatic heterocycles. The van der Waals surface area contributed by atoms with Crippen LogP contribution in [0.1, 0.15) is 11.3 Å². The van der Waals surface area contributed by atoms with E-state index in [2.05, 4.69) is 16.9 Å². The van der Waals surface area contributed by atoms with Crippen LogP contribution in [0.2, 0.25) is 0 Å². The molecule has 0 bridgehead atoms. The molecule has 0 N–H and O–H groups in total. The van der Waals surface area contributed by atoms with Gasteiger partial charge in [-0.05, 0) is 55.9 Å². The topological polar surface area (TPSA) is 56.6 Å². The molecule has 0 saturated carbocycles. The van der Waals surface area contributed by atoms with Gasteiger partial charge < -0.3 is 9.47 Å². The second kappa shape index (κ2) is 7.86. The first-order valence-electron chi connectivity index (χ1n) is 9.29. The Hall–Kier alpha value is -3.12. The summed E-state index contributed by atoms with van der Waals surface area (Å²) in [6.45, 7) is 4.20. The number of pyridine rings is 2. The minimum absolute atomic E-state index is 0.149. The Morgan fingerprint density at radius 3 is 2.50 bits per heavy atom. The molecule has 6 heteroatoms. The molecule has 1 saturated heterocycles. The van der Waals surface area contributed by atoms with Crippen LogP contribution in [0.15, 0.2) is 65.7 Å². The Morgan fingerprint density at radius 2 is 1.86 bits per heavy atom. The number of nitrogens with zero attached hydrogens (tertiary/aromatic N) is 3. The molecule has 3 heterocycles. The van der Waals surface area contributed by atoms with Gasteiger partial charge in [-0.1, -0.05) is 6.07 Å². The lowest BCUT2D eigenvalue weighted by atomic mass is 10.2. The third kappa shape index (κ3) is 4.23. The van der Waals surface area contributed by atoms with Gasteiger partial charge >= 0.3 is 0 Å². The largest absolute Gasteiger partial charge is 0.488 e. The van der Waals surface area contributed by atoms with Crippen LogP contribution in [0.3, 0.4) is 0 Å². The molecular weight excluding hydrogens is 354 g/mol. The standard InChI is InChI=1S/C22H23N3O3/c1-16-3-4-17(23-12-16)15-27-20-9-10-25(22(26)11-20)18-5-7-19(8-6-18)28-21-13-24(2)14-21/h3-12,21H,13-15H2,1-2H3. The molecule has 3 aromatic rings. The van der Waals surface area contributed by atoms with Gasteiger partial charge in [-0.15, -0.1) is 0 Å². The second-order valence-corrected chi connectivity index (χ2v) is 7.14. The monoisotopic (exact) mass is 377 g/mol. The van der Waals surface area contributed by atoms with Crippen molar-refractivity contribution in [1.29, 1.82) is 0 Å². The van der Waals surface area contributed by atoms with E-state index >= 15 is 0 Å². The SMILES string of the molecule is Cc1ccc(COc2ccn(-c3ccc(OC4CN(C)C4)cc3)c(=O)c2)nc1. The molecular formula is C22H23N3O3. The molecule has 1 aliphatic rings. The molecule has 0 radical (unpaired) electrons. The summed E-state index contributed by atoms with van der Waals surface area (Å²) in [4.78, 5) is 19.0. The van der Waals surface area contributed by atoms with Crippen LogP contribution in [-0.4, -0.2) is 40.7 Å². The number of aromatic nitrogens is 2. The number of hydrogen-bond donors (Lipinski definition) is 0. The third-order valence-corrected chi connectivity index (χ3v) is 4.70. The highest BCUT2D eigenvalue weighted by atomic mass is 16.5. The number of benzene rings is 1. The zero-order chi connectivity index (χ0) is 19.5. The van der Waals surface area contributed by atoms with Crippen molar-refractivity contribution >= 4 is 0 Å². The zero-order valence-corrected chi connectivity index (χ0v) is 16.0. The molecule has 1 aromatic carbocycles. The fraction of sp³-hybridized carbons (Fsp3) is 0.273. The minimum atomic E-state index is -0.149. The number of ether oxygens (including phenoxy) is 2. The van der Waals surface area contributed by atoms with E-state index in [1.54, 1.807) is 23.0 Å². The fourth-order valence-electron chi connectivity index (χ4n) is 3.10. The maximum Gasteiger partial charge on any atom is 0.258 e. The Labute approximate surface area is 164 Å². The Morgan fingerprint density at radius 1 is 1.07 bits per heavy atom. The molecule has 28 heavy (non-hydrogen) atoms. The van der Waals surface area contributed by atoms with Crippen molar-refractivity contribution in [2.24, 2.45) is 0 Å². The van der Waals surface area contributed by atoms with Crippen LogP contribution in [0, 0.1) is 6.92 Å². The second-order valence-electron chi connectivity index (χ2n) is 7.14. The zero-order valence-electron chi connectivity index (χ0n) is 16.0. The normalized spacial score (nSPS) is 14.5. The van der Waals surface area contributed by atoms with E-state index in [9.17, 15) is 4.79 Å². The van der Waals surface area contributed by atoms with Crippen molar-refractivity contribution in [1.82, 2.24) is 14.5 Å². The maximum absolute atomic E-state index is 12.5. The fourth-order valence-corrected chi connectivity index (χ4v) is 3.10. The van der Waals surface area contributed by atoms with Crippen LogP contribution in [0.25, 0.3) is 5.69 Å². The van der Waals surface area contributed by atoms with Crippen molar-refractivity contribution in [3.63, 3.8) is 0 Å². The number of aryl methyl sites for hydroxylation is 1. The van der Waals surface area contributed by atoms with Gasteiger partial charge in [0.25, 0.3) is 5.56 Å². The summed E-state index contributed by atoms with van der Waals surface area (Å²) < 4.78 is 13.2. The first kappa shape index (κ1) is 18.3. The van der Waals surface area contributed by atoms with Crippen molar-refractivity contribution in [3.05, 3.63) is 82.5 Å². The summed E-state index contributed by atoms with van der Waals surface area (Å²) in [7, 11) is 2.07. The van der Waals surface area contributed by atoms with Crippen LogP contribution in [0.4, 0.5) is 0 Å². The van der Waals surface area contributed by atoms with Gasteiger partial charge in [0.15, 0.2) is 0 Å². The van der Waals surface area contributed by atoms with Crippen molar-refractivity contribution in [2.45, 2.75) is 19.6 Å². The first-order valence-corrected chi connectivity index (χ1v) is 9.29. The van der Waals surface area contributed by atoms with E-state index in [0.717, 1.165) is 35.8 Å². The van der Waals surface area contributed by atoms with E-state index in [1.165, 1.54) is 6.07 Å². The minimum Gasteiger partial charge on any atom is -0.488 e. The summed E-state index contributed by atoms with van der Waals surface area (Å²) in [5.41, 5.74) is 2.56. The Bertz CT molecular complexity index is 991. The molecule has 0 spiro atoms. The summed E-state index contributed by atoms with van der Waals surface area (Å²) in [6.07, 6.45) is 3.77. The van der Waals surface area contributed by atoms with Crippen LogP contribution in [-0.2, 0) is 6.61 Å². The Kier molecular flexibility index (Phi) is 5.12. The highest BCUT2D eigenvalue weighted by Crippen LogP contribution is 2.19. The molecule has 0 atom stereocenters. The predicted octanol–water partition coefficient (Wildman–Crippen LogP) is 2.81. The molecule has 1 aliphatic heterocycles. The summed E-state index contributed by atoms with van der Waals surface area (Å²) in [6, 6.07) is 14.7. The van der Waals surface area contributed by atoms with E-state index in [0.29, 0.717) is 12.4 Å². The quantitative estimate of drug-likeness (QED) is 0.661. The van der Waals surface area contributed by atoms with Crippen molar-refractivity contribution in [3.8, 4) is 17.2 Å². The first-order chi connectivity index (χ1) is 13.6. The maximum atomic E-state index is 12.5. The van der Waals surface area contributed by atoms with E-state index in [-0.39, 0.29) is 11.7 Å². The summed E-state index contributed by atoms with van der Waals surface area (Å²) in [5, 5.41) is 0. The average Bonchev–Trinajstić information content (AvgIpc) is 2.67. The highest BCUT2D eigenvalue weighted by molar-refractivity contribution is 5.38. The number of hydrogen-bond acceptors (Lipinski definition) is 5. The lowest BCUT2D eigenvalue weighted by molar-refractivity contribution is 0.0388. The smallest absolute Gasteiger partial charge is 0.258 e. The third-order valence-electron chi connectivity index (χ3n) is 4.70. The van der Waals surface area contributed by atoms with Crippen molar-refractivity contribution in [2.75, 3.05) is 20.1 Å². The van der Waals surface area contributed by atoms with Crippen LogP contribution >= 0.6 is 0 Å². The van der Waals surface area contributed by atoms with Gasteiger partial charge in [0, 0.05) is 37.2 Å². The molecule has 144 valence electrons. The van der Waals surface area contributed by atoms with E-state index in [4.69, 9.17) is 9.47 Å². The van der Waals surface area contributed by atoms with Crippen LogP contribution in [0.5, 0.6) is 11.5 Å². The molecule has 0 amide bonds. The van der Waals surface area contributed by atoms with Crippen molar-refractivity contribution < 1.29 is 9.47 Å². The summed E-state index contributed by atoms with van der Waals surface area (Å²) in [5.74, 6) is 1.35. The van der Waals surface area contributed by atoms with Gasteiger partial charge in [-0.2, -0.15) is 0 Å². The van der Waals surface area contributed by atoms with Gasteiger partial charge in [0.2, 0.25) is 0 Å². The predicted molar refractivity (Wildman–Crippen MR) is 107 cm³/mol. The van der Waals surface area contributed by atoms with E-state index < -0.39 is 0 Å². The summed E-state index contributed by atoms with van der Waals surface area (Å²) >= 11 is 0. The Balaban J connectivity index is 1.41. The molecule has 0 unspecified atom stereocenters. The lowest BCUT2D eigenvalue weighted by Gasteiger charge is -2.36. The lowest BCUT2D eigenvalue weighted by Crippen LogP contribution is -2.51. The van der Waals surface area contributed by atoms with E-state index in [1.807, 2.05) is 43.3 Å². The van der Waals surface area contributed by atoms with Gasteiger partial charge in [0.05, 0.1) is 5.69 Å². The molecule has 0 aliphatic carbocycles. The molecule has 1 fully saturated rings. The van der Waals surface area contributed by atoms with Crippen LogP contribution < -0.4 is 15.0 Å². The highest BCUT2D eigenvalue weighted by Gasteiger charge is 2.24. The van der Waals surface area contributed by atoms with Gasteiger partial charge in [-0.25, -0.2) is 0 Å². The average molecular weight is 377 g/mol. The van der Waals surface area contributed by atoms with Gasteiger partial charge in [-0.3, -0.25) is 19.2 Å². The molecule has 6 nitrogen and oxygen atoms in total. The number of likely N-dealkylation sites (tertiary alicyclic amines) is 1. The number of likely N-dealkylation sites (N-methyl/N-ethyl adjacent to an activating group) is 1. The van der Waals surface area contributed by atoms with Gasteiger partial charge in [0.1, 0.15) is 24.2 Å². The molecule has 4 rings (SSSR count).